The summed E-state index contributed by atoms with van der Waals surface area (Å²) in [6.45, 7) is 0. The van der Waals surface area contributed by atoms with E-state index in [4.69, 9.17) is 0 Å². The maximum absolute atomic E-state index is 12.3. The fourth-order valence-corrected chi connectivity index (χ4v) is 2.77. The van der Waals surface area contributed by atoms with Crippen LogP contribution in [0.3, 0.4) is 0 Å². The van der Waals surface area contributed by atoms with Crippen LogP contribution >= 0.6 is 0 Å². The first kappa shape index (κ1) is 11.7. The second-order valence-electron chi connectivity index (χ2n) is 4.06. The molecule has 1 amide bonds. The van der Waals surface area contributed by atoms with Crippen molar-refractivity contribution in [3.05, 3.63) is 60.2 Å². The Labute approximate surface area is 111 Å². The first-order chi connectivity index (χ1) is 9.20. The van der Waals surface area contributed by atoms with Crippen molar-refractivity contribution in [2.24, 2.45) is 0 Å². The monoisotopic (exact) mass is 271 g/mol. The van der Waals surface area contributed by atoms with Gasteiger partial charge in [-0.05, 0) is 18.2 Å². The van der Waals surface area contributed by atoms with Gasteiger partial charge in [0.25, 0.3) is 5.91 Å². The highest BCUT2D eigenvalue weighted by Crippen LogP contribution is 2.34. The van der Waals surface area contributed by atoms with E-state index in [1.165, 1.54) is 4.90 Å². The van der Waals surface area contributed by atoms with Crippen LogP contribution in [0.15, 0.2) is 54.6 Å². The summed E-state index contributed by atoms with van der Waals surface area (Å²) in [5.74, 6) is -0.513. The molecule has 0 radical (unpaired) electrons. The Morgan fingerprint density at radius 2 is 1.47 bits per heavy atom. The Hall–Kier alpha value is -2.40. The van der Waals surface area contributed by atoms with Gasteiger partial charge in [0.1, 0.15) is 0 Å². The molecular weight excluding hydrogens is 262 g/mol. The number of carbonyl (C=O) groups excluding carboxylic acids is 1. The number of carbonyl (C=O) groups is 1. The van der Waals surface area contributed by atoms with E-state index in [1.807, 2.05) is 6.07 Å². The van der Waals surface area contributed by atoms with Gasteiger partial charge in [-0.15, -0.1) is 0 Å². The van der Waals surface area contributed by atoms with Crippen LogP contribution in [0.1, 0.15) is 5.56 Å². The van der Waals surface area contributed by atoms with Crippen LogP contribution in [0.2, 0.25) is 0 Å². The number of hydrogen-bond donors (Lipinski definition) is 0. The summed E-state index contributed by atoms with van der Waals surface area (Å²) in [4.78, 5) is 13.5. The highest BCUT2D eigenvalue weighted by atomic mass is 32.2. The molecule has 1 aliphatic heterocycles. The predicted molar refractivity (Wildman–Crippen MR) is 73.1 cm³/mol. The van der Waals surface area contributed by atoms with Crippen LogP contribution in [0, 0.1) is 0 Å². The van der Waals surface area contributed by atoms with Gasteiger partial charge in [0.2, 0.25) is 10.3 Å². The molecule has 2 aromatic rings. The molecular formula is C14H9NO3S. The Balaban J connectivity index is 2.30. The van der Waals surface area contributed by atoms with E-state index in [0.717, 1.165) is 0 Å². The fourth-order valence-electron chi connectivity index (χ4n) is 2.18. The zero-order valence-electron chi connectivity index (χ0n) is 9.78. The molecule has 0 spiro atoms. The minimum Gasteiger partial charge on any atom is -0.275 e. The minimum atomic E-state index is -2.55. The fraction of sp³-hybridized carbons (Fsp3) is 0. The lowest BCUT2D eigenvalue weighted by Gasteiger charge is -2.16. The van der Waals surface area contributed by atoms with Crippen molar-refractivity contribution >= 4 is 32.4 Å². The van der Waals surface area contributed by atoms with Gasteiger partial charge in [0, 0.05) is 11.3 Å². The molecule has 0 aromatic heterocycles. The number of fused-ring (bicyclic) bond motifs is 1. The van der Waals surface area contributed by atoms with Gasteiger partial charge in [-0.1, -0.05) is 36.4 Å². The molecule has 0 saturated carbocycles. The predicted octanol–water partition coefficient (Wildman–Crippen LogP) is 1.76. The van der Waals surface area contributed by atoms with Crippen LogP contribution < -0.4 is 4.90 Å². The van der Waals surface area contributed by atoms with E-state index in [2.05, 4.69) is 0 Å². The largest absolute Gasteiger partial charge is 0.279 e. The van der Waals surface area contributed by atoms with Gasteiger partial charge in [0.05, 0.1) is 5.69 Å². The molecule has 1 aliphatic rings. The highest BCUT2D eigenvalue weighted by molar-refractivity contribution is 7.75. The molecule has 3 rings (SSSR count). The maximum atomic E-state index is 12.3. The van der Waals surface area contributed by atoms with Gasteiger partial charge in [0.15, 0.2) is 4.86 Å². The smallest absolute Gasteiger partial charge is 0.275 e. The van der Waals surface area contributed by atoms with Crippen LogP contribution in [-0.4, -0.2) is 19.2 Å². The summed E-state index contributed by atoms with van der Waals surface area (Å²) in [5.41, 5.74) is 1.70. The quantitative estimate of drug-likeness (QED) is 0.743. The molecule has 1 heterocycles. The number of benzene rings is 2. The van der Waals surface area contributed by atoms with E-state index in [1.54, 1.807) is 48.5 Å². The Morgan fingerprint density at radius 3 is 2.16 bits per heavy atom. The first-order valence-corrected chi connectivity index (χ1v) is 6.73. The molecule has 94 valence electrons. The van der Waals surface area contributed by atoms with E-state index < -0.39 is 16.2 Å². The van der Waals surface area contributed by atoms with E-state index in [0.29, 0.717) is 16.9 Å². The lowest BCUT2D eigenvalue weighted by Crippen LogP contribution is -2.25. The van der Waals surface area contributed by atoms with Gasteiger partial charge in [-0.2, -0.15) is 8.42 Å². The lowest BCUT2D eigenvalue weighted by molar-refractivity contribution is -0.111. The number of rotatable bonds is 1. The highest BCUT2D eigenvalue weighted by Gasteiger charge is 2.35. The van der Waals surface area contributed by atoms with Crippen molar-refractivity contribution in [2.75, 3.05) is 4.90 Å². The third-order valence-electron chi connectivity index (χ3n) is 2.97. The Bertz CT molecular complexity index is 786. The standard InChI is InChI=1S/C14H9NO3S/c16-14-13(19(17)18)11-8-4-5-9-12(11)15(14)10-6-2-1-3-7-10/h1-9H. The molecule has 0 atom stereocenters. The molecule has 0 aliphatic carbocycles. The maximum Gasteiger partial charge on any atom is 0.279 e. The SMILES string of the molecule is O=C1C(=S(=O)=O)c2ccccc2N1c1ccccc1. The normalized spacial score (nSPS) is 13.6. The van der Waals surface area contributed by atoms with Crippen molar-refractivity contribution in [2.45, 2.75) is 0 Å². The molecule has 0 N–H and O–H groups in total. The minimum absolute atomic E-state index is 0.181. The third kappa shape index (κ3) is 1.75. The van der Waals surface area contributed by atoms with Gasteiger partial charge in [-0.3, -0.25) is 9.69 Å². The number of para-hydroxylation sites is 2. The molecule has 2 aromatic carbocycles. The van der Waals surface area contributed by atoms with Gasteiger partial charge in [-0.25, -0.2) is 0 Å². The molecule has 0 saturated heterocycles. The Kier molecular flexibility index (Phi) is 2.68. The van der Waals surface area contributed by atoms with Crippen molar-refractivity contribution < 1.29 is 13.2 Å². The Morgan fingerprint density at radius 1 is 0.842 bits per heavy atom. The summed E-state index contributed by atoms with van der Waals surface area (Å²) < 4.78 is 22.5. The van der Waals surface area contributed by atoms with E-state index >= 15 is 0 Å². The van der Waals surface area contributed by atoms with Gasteiger partial charge >= 0.3 is 0 Å². The first-order valence-electron chi connectivity index (χ1n) is 5.65. The number of anilines is 2. The van der Waals surface area contributed by atoms with Crippen LogP contribution in [0.4, 0.5) is 11.4 Å². The second-order valence-corrected chi connectivity index (χ2v) is 4.93. The zero-order valence-corrected chi connectivity index (χ0v) is 10.6. The molecule has 0 bridgehead atoms. The van der Waals surface area contributed by atoms with Crippen LogP contribution in [-0.2, 0) is 15.1 Å². The summed E-state index contributed by atoms with van der Waals surface area (Å²) in [6.07, 6.45) is 0. The van der Waals surface area contributed by atoms with Crippen molar-refractivity contribution in [1.29, 1.82) is 0 Å². The zero-order chi connectivity index (χ0) is 13.4. The number of amides is 1. The molecule has 0 fully saturated rings. The summed E-state index contributed by atoms with van der Waals surface area (Å²) in [6, 6.07) is 15.9. The van der Waals surface area contributed by atoms with Crippen LogP contribution in [0.25, 0.3) is 0 Å². The average molecular weight is 271 g/mol. The van der Waals surface area contributed by atoms with Crippen LogP contribution in [0.5, 0.6) is 0 Å². The van der Waals surface area contributed by atoms with Crippen molar-refractivity contribution in [3.63, 3.8) is 0 Å². The van der Waals surface area contributed by atoms with Crippen molar-refractivity contribution in [3.8, 4) is 0 Å². The average Bonchev–Trinajstić information content (AvgIpc) is 2.71. The van der Waals surface area contributed by atoms with E-state index in [9.17, 15) is 13.2 Å². The summed E-state index contributed by atoms with van der Waals surface area (Å²) in [7, 11) is -2.55. The second kappa shape index (κ2) is 4.37. The summed E-state index contributed by atoms with van der Waals surface area (Å²) in [5, 5.41) is 0. The molecule has 5 heteroatoms. The van der Waals surface area contributed by atoms with Gasteiger partial charge < -0.3 is 0 Å². The molecule has 4 nitrogen and oxygen atoms in total. The molecule has 0 unspecified atom stereocenters. The lowest BCUT2D eigenvalue weighted by atomic mass is 10.2. The number of hydrogen-bond acceptors (Lipinski definition) is 3. The third-order valence-corrected chi connectivity index (χ3v) is 3.70. The number of nitrogens with zero attached hydrogens (tertiary/aromatic N) is 1. The molecule has 19 heavy (non-hydrogen) atoms. The summed E-state index contributed by atoms with van der Waals surface area (Å²) >= 11 is 0. The van der Waals surface area contributed by atoms with Crippen molar-refractivity contribution in [1.82, 2.24) is 0 Å². The topological polar surface area (TPSA) is 54.5 Å². The van der Waals surface area contributed by atoms with E-state index in [-0.39, 0.29) is 4.86 Å².